The minimum Gasteiger partial charge on any atom is -0.354 e. The van der Waals surface area contributed by atoms with Crippen molar-refractivity contribution < 1.29 is 18.0 Å². The van der Waals surface area contributed by atoms with Crippen LogP contribution in [0, 0.1) is 13.8 Å². The van der Waals surface area contributed by atoms with Crippen LogP contribution in [0.3, 0.4) is 0 Å². The first kappa shape index (κ1) is 30.9. The van der Waals surface area contributed by atoms with Gasteiger partial charge in [-0.15, -0.1) is 0 Å². The molecule has 7 nitrogen and oxygen atoms in total. The number of anilines is 1. The maximum atomic E-state index is 13.4. The Balaban J connectivity index is 2.24. The Bertz CT molecular complexity index is 1180. The number of amides is 2. The normalized spacial score (nSPS) is 12.2. The van der Waals surface area contributed by atoms with E-state index in [1.807, 2.05) is 32.9 Å². The molecule has 0 unspecified atom stereocenters. The predicted octanol–water partition coefficient (Wildman–Crippen LogP) is 5.49. The SMILES string of the molecule is CCCCNC(=O)[C@H](C)N(Cc1c(Cl)cccc1Cl)C(=O)CCCN(c1cccc(C)c1C)S(C)(=O)=O. The van der Waals surface area contributed by atoms with Crippen LogP contribution < -0.4 is 9.62 Å². The number of rotatable bonds is 13. The second-order valence-electron chi connectivity index (χ2n) is 9.20. The van der Waals surface area contributed by atoms with E-state index in [0.29, 0.717) is 27.8 Å². The average molecular weight is 571 g/mol. The largest absolute Gasteiger partial charge is 0.354 e. The number of carbonyl (C=O) groups is 2. The molecule has 0 aliphatic rings. The highest BCUT2D eigenvalue weighted by Crippen LogP contribution is 2.28. The molecule has 0 radical (unpaired) electrons. The van der Waals surface area contributed by atoms with Crippen LogP contribution in [0.5, 0.6) is 0 Å². The van der Waals surface area contributed by atoms with Crippen molar-refractivity contribution in [3.05, 3.63) is 63.1 Å². The summed E-state index contributed by atoms with van der Waals surface area (Å²) in [6, 6.07) is 9.83. The van der Waals surface area contributed by atoms with E-state index in [0.717, 1.165) is 30.2 Å². The summed E-state index contributed by atoms with van der Waals surface area (Å²) in [6.45, 7) is 8.22. The standard InChI is InChI=1S/C27H37Cl2N3O4S/c1-6-7-16-30-27(34)21(4)31(18-22-23(28)12-9-13-24(22)29)26(33)15-10-17-32(37(5,35)36)25-14-8-11-19(2)20(25)3/h8-9,11-14,21H,6-7,10,15-18H2,1-5H3,(H,30,34)/t21-/m0/s1. The number of unbranched alkanes of at least 4 members (excludes halogenated alkanes) is 1. The average Bonchev–Trinajstić information content (AvgIpc) is 2.82. The molecular weight excluding hydrogens is 533 g/mol. The van der Waals surface area contributed by atoms with Crippen molar-refractivity contribution in [2.75, 3.05) is 23.7 Å². The summed E-state index contributed by atoms with van der Waals surface area (Å²) in [5.74, 6) is -0.554. The molecule has 0 spiro atoms. The van der Waals surface area contributed by atoms with Gasteiger partial charge >= 0.3 is 0 Å². The zero-order chi connectivity index (χ0) is 27.8. The van der Waals surface area contributed by atoms with E-state index in [2.05, 4.69) is 5.32 Å². The molecule has 0 fully saturated rings. The number of benzene rings is 2. The number of halogens is 2. The van der Waals surface area contributed by atoms with Crippen molar-refractivity contribution >= 4 is 50.7 Å². The van der Waals surface area contributed by atoms with Crippen LogP contribution in [-0.2, 0) is 26.2 Å². The van der Waals surface area contributed by atoms with Crippen LogP contribution in [0.2, 0.25) is 10.0 Å². The first-order chi connectivity index (χ1) is 17.4. The van der Waals surface area contributed by atoms with Crippen LogP contribution in [0.25, 0.3) is 0 Å². The molecule has 1 N–H and O–H groups in total. The fourth-order valence-electron chi connectivity index (χ4n) is 3.96. The maximum absolute atomic E-state index is 13.4. The summed E-state index contributed by atoms with van der Waals surface area (Å²) in [5, 5.41) is 3.68. The van der Waals surface area contributed by atoms with Gasteiger partial charge in [0.2, 0.25) is 21.8 Å². The fourth-order valence-corrected chi connectivity index (χ4v) is 5.49. The summed E-state index contributed by atoms with van der Waals surface area (Å²) in [6.07, 6.45) is 3.25. The molecular formula is C27H37Cl2N3O4S. The van der Waals surface area contributed by atoms with E-state index >= 15 is 0 Å². The minimum atomic E-state index is -3.57. The van der Waals surface area contributed by atoms with E-state index in [1.54, 1.807) is 31.2 Å². The van der Waals surface area contributed by atoms with Crippen molar-refractivity contribution in [2.45, 2.75) is 66.0 Å². The third-order valence-electron chi connectivity index (χ3n) is 6.38. The molecule has 0 aliphatic carbocycles. The zero-order valence-corrected chi connectivity index (χ0v) is 24.5. The molecule has 0 bridgehead atoms. The molecule has 2 rings (SSSR count). The molecule has 204 valence electrons. The van der Waals surface area contributed by atoms with Crippen molar-refractivity contribution in [2.24, 2.45) is 0 Å². The monoisotopic (exact) mass is 569 g/mol. The Morgan fingerprint density at radius 1 is 1.03 bits per heavy atom. The topological polar surface area (TPSA) is 86.8 Å². The molecule has 2 amide bonds. The van der Waals surface area contributed by atoms with Gasteiger partial charge in [0, 0.05) is 41.7 Å². The number of nitrogens with zero attached hydrogens (tertiary/aromatic N) is 2. The third-order valence-corrected chi connectivity index (χ3v) is 8.27. The molecule has 0 aromatic heterocycles. The van der Waals surface area contributed by atoms with Gasteiger partial charge in [0.15, 0.2) is 0 Å². The van der Waals surface area contributed by atoms with E-state index in [-0.39, 0.29) is 37.7 Å². The van der Waals surface area contributed by atoms with Crippen LogP contribution in [0.1, 0.15) is 56.2 Å². The number of aryl methyl sites for hydroxylation is 1. The van der Waals surface area contributed by atoms with Gasteiger partial charge in [0.05, 0.1) is 11.9 Å². The molecule has 0 saturated heterocycles. The van der Waals surface area contributed by atoms with E-state index < -0.39 is 16.1 Å². The van der Waals surface area contributed by atoms with Crippen LogP contribution in [-0.4, -0.2) is 50.5 Å². The quantitative estimate of drug-likeness (QED) is 0.323. The summed E-state index contributed by atoms with van der Waals surface area (Å²) < 4.78 is 26.5. The van der Waals surface area contributed by atoms with Gasteiger partial charge in [-0.2, -0.15) is 0 Å². The Kier molecular flexibility index (Phi) is 11.7. The lowest BCUT2D eigenvalue weighted by atomic mass is 10.1. The van der Waals surface area contributed by atoms with Crippen molar-refractivity contribution in [1.82, 2.24) is 10.2 Å². The van der Waals surface area contributed by atoms with E-state index in [1.165, 1.54) is 9.21 Å². The number of hydrogen-bond donors (Lipinski definition) is 1. The third kappa shape index (κ3) is 8.62. The van der Waals surface area contributed by atoms with Gasteiger partial charge in [-0.05, 0) is 62.9 Å². The van der Waals surface area contributed by atoms with Gasteiger partial charge in [-0.3, -0.25) is 13.9 Å². The Morgan fingerprint density at radius 2 is 1.65 bits per heavy atom. The van der Waals surface area contributed by atoms with Crippen LogP contribution >= 0.6 is 23.2 Å². The smallest absolute Gasteiger partial charge is 0.242 e. The fraction of sp³-hybridized carbons (Fsp3) is 0.481. The summed E-state index contributed by atoms with van der Waals surface area (Å²) in [5.41, 5.74) is 3.00. The first-order valence-corrected chi connectivity index (χ1v) is 15.0. The van der Waals surface area contributed by atoms with Gasteiger partial charge in [-0.1, -0.05) is 54.7 Å². The molecule has 1 atom stereocenters. The Hall–Kier alpha value is -2.29. The van der Waals surface area contributed by atoms with E-state index in [9.17, 15) is 18.0 Å². The molecule has 10 heteroatoms. The molecule has 0 aliphatic heterocycles. The number of nitrogens with one attached hydrogen (secondary N) is 1. The number of sulfonamides is 1. The Labute approximate surface area is 231 Å². The molecule has 2 aromatic rings. The molecule has 0 heterocycles. The highest BCUT2D eigenvalue weighted by atomic mass is 35.5. The van der Waals surface area contributed by atoms with Crippen molar-refractivity contribution in [3.63, 3.8) is 0 Å². The summed E-state index contributed by atoms with van der Waals surface area (Å²) in [4.78, 5) is 27.7. The van der Waals surface area contributed by atoms with Gasteiger partial charge < -0.3 is 10.2 Å². The first-order valence-electron chi connectivity index (χ1n) is 12.4. The lowest BCUT2D eigenvalue weighted by Crippen LogP contribution is -2.48. The Morgan fingerprint density at radius 3 is 2.24 bits per heavy atom. The predicted molar refractivity (Wildman–Crippen MR) is 152 cm³/mol. The molecule has 0 saturated carbocycles. The van der Waals surface area contributed by atoms with E-state index in [4.69, 9.17) is 23.2 Å². The second kappa shape index (κ2) is 14.0. The van der Waals surface area contributed by atoms with Crippen LogP contribution in [0.15, 0.2) is 36.4 Å². The summed E-state index contributed by atoms with van der Waals surface area (Å²) >= 11 is 12.7. The van der Waals surface area contributed by atoms with Crippen molar-refractivity contribution in [3.8, 4) is 0 Å². The molecule has 37 heavy (non-hydrogen) atoms. The van der Waals surface area contributed by atoms with Gasteiger partial charge in [0.1, 0.15) is 6.04 Å². The van der Waals surface area contributed by atoms with Gasteiger partial charge in [-0.25, -0.2) is 8.42 Å². The minimum absolute atomic E-state index is 0.0472. The number of carbonyl (C=O) groups excluding carboxylic acids is 2. The number of hydrogen-bond acceptors (Lipinski definition) is 4. The molecule has 2 aromatic carbocycles. The lowest BCUT2D eigenvalue weighted by Gasteiger charge is -2.30. The lowest BCUT2D eigenvalue weighted by molar-refractivity contribution is -0.140. The van der Waals surface area contributed by atoms with Crippen molar-refractivity contribution in [1.29, 1.82) is 0 Å². The summed E-state index contributed by atoms with van der Waals surface area (Å²) in [7, 11) is -3.57. The highest BCUT2D eigenvalue weighted by molar-refractivity contribution is 7.92. The second-order valence-corrected chi connectivity index (χ2v) is 11.9. The zero-order valence-electron chi connectivity index (χ0n) is 22.2. The maximum Gasteiger partial charge on any atom is 0.242 e. The highest BCUT2D eigenvalue weighted by Gasteiger charge is 2.28. The van der Waals surface area contributed by atoms with Crippen LogP contribution in [0.4, 0.5) is 5.69 Å². The van der Waals surface area contributed by atoms with Gasteiger partial charge in [0.25, 0.3) is 0 Å².